The maximum Gasteiger partial charge on any atom is 0.161 e. The van der Waals surface area contributed by atoms with Gasteiger partial charge in [-0.25, -0.2) is 9.97 Å². The molecule has 1 aromatic heterocycles. The van der Waals surface area contributed by atoms with Crippen LogP contribution in [0.15, 0.2) is 48.5 Å². The molecule has 4 nitrogen and oxygen atoms in total. The highest BCUT2D eigenvalue weighted by Crippen LogP contribution is 2.37. The van der Waals surface area contributed by atoms with Gasteiger partial charge in [0.2, 0.25) is 0 Å². The van der Waals surface area contributed by atoms with E-state index in [1.165, 1.54) is 6.42 Å². The summed E-state index contributed by atoms with van der Waals surface area (Å²) < 4.78 is 0. The molecule has 1 aliphatic heterocycles. The van der Waals surface area contributed by atoms with E-state index < -0.39 is 0 Å². The summed E-state index contributed by atoms with van der Waals surface area (Å²) in [6.45, 7) is 6.94. The van der Waals surface area contributed by atoms with Gasteiger partial charge in [-0.2, -0.15) is 0 Å². The predicted octanol–water partition coefficient (Wildman–Crippen LogP) is 6.47. The lowest BCUT2D eigenvalue weighted by Crippen LogP contribution is -2.41. The van der Waals surface area contributed by atoms with E-state index in [4.69, 9.17) is 33.2 Å². The number of anilines is 2. The second-order valence-electron chi connectivity index (χ2n) is 7.37. The minimum absolute atomic E-state index is 0.547. The molecule has 0 fully saturated rings. The molecule has 0 amide bonds. The summed E-state index contributed by atoms with van der Waals surface area (Å²) in [5.74, 6) is 1.69. The summed E-state index contributed by atoms with van der Waals surface area (Å²) in [6, 6.07) is 15.9. The molecular formula is C23H24Cl2N4. The molecule has 4 rings (SSSR count). The van der Waals surface area contributed by atoms with E-state index in [1.807, 2.05) is 48.5 Å². The van der Waals surface area contributed by atoms with Crippen LogP contribution in [-0.4, -0.2) is 28.1 Å². The van der Waals surface area contributed by atoms with Gasteiger partial charge < -0.3 is 4.90 Å². The number of hydrogen-bond acceptors (Lipinski definition) is 4. The fraction of sp³-hybridized carbons (Fsp3) is 0.304. The lowest BCUT2D eigenvalue weighted by molar-refractivity contribution is 0.254. The molecule has 2 heterocycles. The first-order valence-electron chi connectivity index (χ1n) is 9.94. The fourth-order valence-electron chi connectivity index (χ4n) is 3.63. The molecule has 0 unspecified atom stereocenters. The van der Waals surface area contributed by atoms with Gasteiger partial charge in [-0.15, -0.1) is 0 Å². The number of hydrogen-bond donors (Lipinski definition) is 0. The molecule has 0 aliphatic carbocycles. The Kier molecular flexibility index (Phi) is 6.04. The van der Waals surface area contributed by atoms with Crippen molar-refractivity contribution in [1.82, 2.24) is 14.9 Å². The molecule has 3 aromatic rings. The van der Waals surface area contributed by atoms with Crippen molar-refractivity contribution in [2.24, 2.45) is 0 Å². The Morgan fingerprint density at radius 1 is 1.00 bits per heavy atom. The van der Waals surface area contributed by atoms with Crippen molar-refractivity contribution in [3.05, 3.63) is 69.8 Å². The Bertz CT molecular complexity index is 1010. The summed E-state index contributed by atoms with van der Waals surface area (Å²) in [6.07, 6.45) is 2.32. The average Bonchev–Trinajstić information content (AvgIpc) is 2.74. The van der Waals surface area contributed by atoms with Crippen molar-refractivity contribution in [1.29, 1.82) is 0 Å². The second-order valence-corrected chi connectivity index (χ2v) is 8.19. The van der Waals surface area contributed by atoms with Crippen molar-refractivity contribution in [2.45, 2.75) is 33.2 Å². The second kappa shape index (κ2) is 8.70. The lowest BCUT2D eigenvalue weighted by atomic mass is 10.1. The molecule has 150 valence electrons. The zero-order chi connectivity index (χ0) is 20.4. The average molecular weight is 427 g/mol. The van der Waals surface area contributed by atoms with Gasteiger partial charge in [0.05, 0.1) is 16.7 Å². The molecule has 0 N–H and O–H groups in total. The number of halogens is 2. The van der Waals surface area contributed by atoms with E-state index in [0.29, 0.717) is 10.0 Å². The molecule has 1 aliphatic rings. The molecule has 0 atom stereocenters. The standard InChI is InChI=1S/C23H24Cl2N4/c1-3-4-12-28-14-19-16(2)26-22(17-8-6-5-7-9-17)27-23(19)29(15-28)18-10-11-20(24)21(25)13-18/h5-11,13H,3-4,12,14-15H2,1-2H3. The van der Waals surface area contributed by atoms with Crippen LogP contribution in [0.1, 0.15) is 31.0 Å². The number of aromatic nitrogens is 2. The van der Waals surface area contributed by atoms with Crippen molar-refractivity contribution in [2.75, 3.05) is 18.1 Å². The van der Waals surface area contributed by atoms with Crippen LogP contribution in [-0.2, 0) is 6.54 Å². The maximum absolute atomic E-state index is 6.33. The van der Waals surface area contributed by atoms with Gasteiger partial charge in [0, 0.05) is 35.6 Å². The van der Waals surface area contributed by atoms with Crippen LogP contribution in [0, 0.1) is 6.92 Å². The summed E-state index contributed by atoms with van der Waals surface area (Å²) in [5, 5.41) is 1.10. The van der Waals surface area contributed by atoms with E-state index in [-0.39, 0.29) is 0 Å². The minimum Gasteiger partial charge on any atom is -0.312 e. The van der Waals surface area contributed by atoms with Gasteiger partial charge >= 0.3 is 0 Å². The zero-order valence-corrected chi connectivity index (χ0v) is 18.2. The minimum atomic E-state index is 0.547. The van der Waals surface area contributed by atoms with Gasteiger partial charge in [-0.3, -0.25) is 4.90 Å². The van der Waals surface area contributed by atoms with Gasteiger partial charge in [0.15, 0.2) is 5.82 Å². The molecule has 29 heavy (non-hydrogen) atoms. The quantitative estimate of drug-likeness (QED) is 0.467. The van der Waals surface area contributed by atoms with Gasteiger partial charge in [0.25, 0.3) is 0 Å². The first-order chi connectivity index (χ1) is 14.1. The molecule has 0 saturated carbocycles. The summed E-state index contributed by atoms with van der Waals surface area (Å²) >= 11 is 12.5. The monoisotopic (exact) mass is 426 g/mol. The van der Waals surface area contributed by atoms with E-state index in [2.05, 4.69) is 23.6 Å². The number of benzene rings is 2. The summed E-state index contributed by atoms with van der Waals surface area (Å²) in [5.41, 5.74) is 4.18. The Hall–Kier alpha value is -2.14. The van der Waals surface area contributed by atoms with Crippen LogP contribution in [0.4, 0.5) is 11.5 Å². The van der Waals surface area contributed by atoms with Gasteiger partial charge in [-0.1, -0.05) is 66.9 Å². The SMILES string of the molecule is CCCCN1Cc2c(C)nc(-c3ccccc3)nc2N(c2ccc(Cl)c(Cl)c2)C1. The Morgan fingerprint density at radius 2 is 1.79 bits per heavy atom. The van der Waals surface area contributed by atoms with E-state index in [1.54, 1.807) is 0 Å². The number of rotatable bonds is 5. The number of fused-ring (bicyclic) bond motifs is 1. The van der Waals surface area contributed by atoms with Gasteiger partial charge in [0.1, 0.15) is 5.82 Å². The summed E-state index contributed by atoms with van der Waals surface area (Å²) in [7, 11) is 0. The van der Waals surface area contributed by atoms with E-state index >= 15 is 0 Å². The maximum atomic E-state index is 6.33. The Morgan fingerprint density at radius 3 is 2.52 bits per heavy atom. The zero-order valence-electron chi connectivity index (χ0n) is 16.7. The molecule has 0 saturated heterocycles. The van der Waals surface area contributed by atoms with Crippen LogP contribution < -0.4 is 4.90 Å². The van der Waals surface area contributed by atoms with Crippen molar-refractivity contribution in [3.8, 4) is 11.4 Å². The van der Waals surface area contributed by atoms with Crippen LogP contribution in [0.3, 0.4) is 0 Å². The number of aryl methyl sites for hydroxylation is 1. The van der Waals surface area contributed by atoms with E-state index in [9.17, 15) is 0 Å². The number of unbranched alkanes of at least 4 members (excludes halogenated alkanes) is 1. The number of nitrogens with zero attached hydrogens (tertiary/aromatic N) is 4. The molecule has 6 heteroatoms. The predicted molar refractivity (Wildman–Crippen MR) is 121 cm³/mol. The van der Waals surface area contributed by atoms with Crippen LogP contribution in [0.5, 0.6) is 0 Å². The first-order valence-corrected chi connectivity index (χ1v) is 10.7. The van der Waals surface area contributed by atoms with Gasteiger partial charge in [-0.05, 0) is 31.5 Å². The van der Waals surface area contributed by atoms with Crippen LogP contribution in [0.2, 0.25) is 10.0 Å². The third-order valence-electron chi connectivity index (χ3n) is 5.25. The topological polar surface area (TPSA) is 32.3 Å². The summed E-state index contributed by atoms with van der Waals surface area (Å²) in [4.78, 5) is 14.5. The molecular weight excluding hydrogens is 403 g/mol. The normalized spacial score (nSPS) is 14.1. The van der Waals surface area contributed by atoms with E-state index in [0.717, 1.165) is 60.3 Å². The third kappa shape index (κ3) is 4.25. The highest BCUT2D eigenvalue weighted by atomic mass is 35.5. The van der Waals surface area contributed by atoms with Crippen LogP contribution in [0.25, 0.3) is 11.4 Å². The molecule has 0 spiro atoms. The van der Waals surface area contributed by atoms with Crippen molar-refractivity contribution < 1.29 is 0 Å². The first kappa shape index (κ1) is 20.1. The van der Waals surface area contributed by atoms with Crippen molar-refractivity contribution in [3.63, 3.8) is 0 Å². The highest BCUT2D eigenvalue weighted by Gasteiger charge is 2.28. The lowest BCUT2D eigenvalue weighted by Gasteiger charge is -2.38. The smallest absolute Gasteiger partial charge is 0.161 e. The largest absolute Gasteiger partial charge is 0.312 e. The highest BCUT2D eigenvalue weighted by molar-refractivity contribution is 6.42. The Balaban J connectivity index is 1.82. The molecule has 0 radical (unpaired) electrons. The molecule has 2 aromatic carbocycles. The van der Waals surface area contributed by atoms with Crippen LogP contribution >= 0.6 is 23.2 Å². The fourth-order valence-corrected chi connectivity index (χ4v) is 3.93. The molecule has 0 bridgehead atoms. The Labute approximate surface area is 182 Å². The third-order valence-corrected chi connectivity index (χ3v) is 5.98. The van der Waals surface area contributed by atoms with Crippen molar-refractivity contribution >= 4 is 34.7 Å².